The quantitative estimate of drug-likeness (QED) is 0.513. The Bertz CT molecular complexity index is 160. The van der Waals surface area contributed by atoms with Gasteiger partial charge in [-0.2, -0.15) is 0 Å². The Labute approximate surface area is 60.2 Å². The van der Waals surface area contributed by atoms with E-state index < -0.39 is 0 Å². The number of halogens is 1. The molecule has 0 saturated carbocycles. The van der Waals surface area contributed by atoms with E-state index in [0.29, 0.717) is 5.92 Å². The first-order valence-corrected chi connectivity index (χ1v) is 3.43. The van der Waals surface area contributed by atoms with E-state index in [4.69, 9.17) is 17.3 Å². The zero-order valence-corrected chi connectivity index (χ0v) is 6.10. The van der Waals surface area contributed by atoms with Crippen molar-refractivity contribution < 1.29 is 0 Å². The largest absolute Gasteiger partial charge is 0.399 e. The van der Waals surface area contributed by atoms with Crippen LogP contribution in [0.2, 0.25) is 0 Å². The molecule has 0 aromatic heterocycles. The first-order chi connectivity index (χ1) is 4.20. The van der Waals surface area contributed by atoms with E-state index >= 15 is 0 Å². The molecule has 50 valence electrons. The van der Waals surface area contributed by atoms with Crippen LogP contribution in [-0.2, 0) is 0 Å². The summed E-state index contributed by atoms with van der Waals surface area (Å²) in [4.78, 5) is 0. The molecule has 0 bridgehead atoms. The Morgan fingerprint density at radius 3 is 2.78 bits per heavy atom. The van der Waals surface area contributed by atoms with Crippen molar-refractivity contribution in [1.29, 1.82) is 0 Å². The number of rotatable bonds is 0. The summed E-state index contributed by atoms with van der Waals surface area (Å²) in [6, 6.07) is 0. The summed E-state index contributed by atoms with van der Waals surface area (Å²) in [6.07, 6.45) is 5.73. The van der Waals surface area contributed by atoms with Gasteiger partial charge in [0.05, 0.1) is 5.38 Å². The molecule has 0 radical (unpaired) electrons. The number of allylic oxidation sites excluding steroid dienone is 3. The average molecular weight is 144 g/mol. The first-order valence-electron chi connectivity index (χ1n) is 2.99. The Morgan fingerprint density at radius 2 is 2.33 bits per heavy atom. The summed E-state index contributed by atoms with van der Waals surface area (Å²) in [5.41, 5.74) is 6.32. The molecule has 0 aromatic rings. The molecule has 0 spiro atoms. The predicted molar refractivity (Wildman–Crippen MR) is 40.2 cm³/mol. The van der Waals surface area contributed by atoms with Gasteiger partial charge < -0.3 is 5.73 Å². The fourth-order valence-electron chi connectivity index (χ4n) is 0.829. The fraction of sp³-hybridized carbons (Fsp3) is 0.429. The van der Waals surface area contributed by atoms with E-state index in [2.05, 4.69) is 0 Å². The fourth-order valence-corrected chi connectivity index (χ4v) is 0.975. The lowest BCUT2D eigenvalue weighted by Gasteiger charge is -2.14. The van der Waals surface area contributed by atoms with Crippen LogP contribution in [0, 0.1) is 5.92 Å². The molecule has 0 heterocycles. The van der Waals surface area contributed by atoms with Crippen molar-refractivity contribution in [2.45, 2.75) is 12.3 Å². The van der Waals surface area contributed by atoms with Crippen LogP contribution < -0.4 is 5.73 Å². The SMILES string of the molecule is CC1C=C(N)C=CC1Cl. The summed E-state index contributed by atoms with van der Waals surface area (Å²) in [7, 11) is 0. The molecular weight excluding hydrogens is 134 g/mol. The molecule has 0 saturated heterocycles. The third kappa shape index (κ3) is 1.49. The maximum atomic E-state index is 5.85. The van der Waals surface area contributed by atoms with Crippen molar-refractivity contribution in [3.05, 3.63) is 23.9 Å². The van der Waals surface area contributed by atoms with Crippen LogP contribution in [0.15, 0.2) is 23.9 Å². The van der Waals surface area contributed by atoms with Gasteiger partial charge >= 0.3 is 0 Å². The van der Waals surface area contributed by atoms with E-state index in [1.807, 2.05) is 25.2 Å². The van der Waals surface area contributed by atoms with E-state index in [0.717, 1.165) is 5.70 Å². The third-order valence-electron chi connectivity index (χ3n) is 1.43. The van der Waals surface area contributed by atoms with Gasteiger partial charge in [0.15, 0.2) is 0 Å². The van der Waals surface area contributed by atoms with E-state index in [1.165, 1.54) is 0 Å². The summed E-state index contributed by atoms with van der Waals surface area (Å²) < 4.78 is 0. The smallest absolute Gasteiger partial charge is 0.0580 e. The summed E-state index contributed by atoms with van der Waals surface area (Å²) >= 11 is 5.85. The summed E-state index contributed by atoms with van der Waals surface area (Å²) in [6.45, 7) is 2.05. The summed E-state index contributed by atoms with van der Waals surface area (Å²) in [5.74, 6) is 0.372. The zero-order valence-electron chi connectivity index (χ0n) is 5.34. The highest BCUT2D eigenvalue weighted by Gasteiger charge is 2.11. The van der Waals surface area contributed by atoms with Crippen molar-refractivity contribution in [3.63, 3.8) is 0 Å². The zero-order chi connectivity index (χ0) is 6.85. The Kier molecular flexibility index (Phi) is 1.81. The van der Waals surface area contributed by atoms with Gasteiger partial charge in [-0.25, -0.2) is 0 Å². The maximum absolute atomic E-state index is 5.85. The summed E-state index contributed by atoms with van der Waals surface area (Å²) in [5, 5.41) is 0.122. The highest BCUT2D eigenvalue weighted by molar-refractivity contribution is 6.22. The highest BCUT2D eigenvalue weighted by atomic mass is 35.5. The van der Waals surface area contributed by atoms with Gasteiger partial charge in [0.25, 0.3) is 0 Å². The molecule has 1 aliphatic rings. The van der Waals surface area contributed by atoms with Crippen LogP contribution in [0.1, 0.15) is 6.92 Å². The molecule has 1 aliphatic carbocycles. The van der Waals surface area contributed by atoms with Crippen molar-refractivity contribution in [1.82, 2.24) is 0 Å². The lowest BCUT2D eigenvalue weighted by atomic mass is 10.0. The minimum atomic E-state index is 0.122. The van der Waals surface area contributed by atoms with Gasteiger partial charge in [0.2, 0.25) is 0 Å². The van der Waals surface area contributed by atoms with E-state index in [1.54, 1.807) is 0 Å². The average Bonchev–Trinajstić information content (AvgIpc) is 1.80. The van der Waals surface area contributed by atoms with Crippen molar-refractivity contribution in [2.75, 3.05) is 0 Å². The normalized spacial score (nSPS) is 34.2. The van der Waals surface area contributed by atoms with Crippen LogP contribution >= 0.6 is 11.6 Å². The highest BCUT2D eigenvalue weighted by Crippen LogP contribution is 2.18. The lowest BCUT2D eigenvalue weighted by Crippen LogP contribution is -2.12. The van der Waals surface area contributed by atoms with Crippen molar-refractivity contribution >= 4 is 11.6 Å². The molecular formula is C7H10ClN. The monoisotopic (exact) mass is 143 g/mol. The molecule has 1 nitrogen and oxygen atoms in total. The molecule has 0 amide bonds. The second-order valence-electron chi connectivity index (χ2n) is 2.33. The number of hydrogen-bond acceptors (Lipinski definition) is 1. The minimum absolute atomic E-state index is 0.122. The van der Waals surface area contributed by atoms with Crippen LogP contribution in [0.4, 0.5) is 0 Å². The molecule has 0 aromatic carbocycles. The van der Waals surface area contributed by atoms with E-state index in [-0.39, 0.29) is 5.38 Å². The van der Waals surface area contributed by atoms with Gasteiger partial charge in [-0.3, -0.25) is 0 Å². The molecule has 0 fully saturated rings. The van der Waals surface area contributed by atoms with Gasteiger partial charge in [-0.05, 0) is 12.0 Å². The Morgan fingerprint density at radius 1 is 1.67 bits per heavy atom. The number of alkyl halides is 1. The molecule has 0 aliphatic heterocycles. The molecule has 9 heavy (non-hydrogen) atoms. The van der Waals surface area contributed by atoms with Crippen molar-refractivity contribution in [2.24, 2.45) is 11.7 Å². The van der Waals surface area contributed by atoms with E-state index in [9.17, 15) is 0 Å². The Hall–Kier alpha value is -0.430. The minimum Gasteiger partial charge on any atom is -0.399 e. The van der Waals surface area contributed by atoms with Crippen LogP contribution in [0.25, 0.3) is 0 Å². The molecule has 2 N–H and O–H groups in total. The first kappa shape index (κ1) is 6.69. The van der Waals surface area contributed by atoms with Gasteiger partial charge in [-0.1, -0.05) is 19.1 Å². The second-order valence-corrected chi connectivity index (χ2v) is 2.83. The number of nitrogens with two attached hydrogens (primary N) is 1. The van der Waals surface area contributed by atoms with Crippen LogP contribution in [0.3, 0.4) is 0 Å². The molecule has 2 heteroatoms. The van der Waals surface area contributed by atoms with Crippen molar-refractivity contribution in [3.8, 4) is 0 Å². The van der Waals surface area contributed by atoms with Crippen LogP contribution in [0.5, 0.6) is 0 Å². The second kappa shape index (κ2) is 2.44. The van der Waals surface area contributed by atoms with Gasteiger partial charge in [0.1, 0.15) is 0 Å². The predicted octanol–water partition coefficient (Wildman–Crippen LogP) is 1.64. The maximum Gasteiger partial charge on any atom is 0.0580 e. The Balaban J connectivity index is 2.70. The lowest BCUT2D eigenvalue weighted by molar-refractivity contribution is 0.735. The van der Waals surface area contributed by atoms with Gasteiger partial charge in [-0.15, -0.1) is 11.6 Å². The molecule has 1 rings (SSSR count). The standard InChI is InChI=1S/C7H10ClN/c1-5-4-6(9)2-3-7(5)8/h2-5,7H,9H2,1H3. The molecule has 2 atom stereocenters. The van der Waals surface area contributed by atoms with Crippen LogP contribution in [-0.4, -0.2) is 5.38 Å². The molecule has 2 unspecified atom stereocenters. The third-order valence-corrected chi connectivity index (χ3v) is 1.97. The number of hydrogen-bond donors (Lipinski definition) is 1. The topological polar surface area (TPSA) is 26.0 Å². The van der Waals surface area contributed by atoms with Gasteiger partial charge in [0, 0.05) is 5.70 Å².